The smallest absolute Gasteiger partial charge is 0.350 e. The number of rotatable bonds is 4. The van der Waals surface area contributed by atoms with Gasteiger partial charge < -0.3 is 9.84 Å². The van der Waals surface area contributed by atoms with E-state index in [1.165, 1.54) is 36.2 Å². The maximum absolute atomic E-state index is 12.0. The number of aryl methyl sites for hydroxylation is 1. The molecule has 1 aromatic heterocycles. The number of allylic oxidation sites excluding steroid dienone is 1. The summed E-state index contributed by atoms with van der Waals surface area (Å²) in [6, 6.07) is 5.49. The first-order valence-corrected chi connectivity index (χ1v) is 9.57. The molecule has 0 unspecified atom stereocenters. The Hall–Kier alpha value is -2.14. The zero-order chi connectivity index (χ0) is 17.8. The Balaban J connectivity index is 1.92. The van der Waals surface area contributed by atoms with Crippen LogP contribution in [0.2, 0.25) is 0 Å². The molecule has 1 aliphatic carbocycles. The summed E-state index contributed by atoms with van der Waals surface area (Å²) in [4.78, 5) is 17.0. The molecule has 1 fully saturated rings. The largest absolute Gasteiger partial charge is 0.507 e. The van der Waals surface area contributed by atoms with Crippen LogP contribution < -0.4 is 0 Å². The summed E-state index contributed by atoms with van der Waals surface area (Å²) < 4.78 is 5.08. The number of ether oxygens (including phenoxy) is 1. The number of aromatic nitrogens is 1. The highest BCUT2D eigenvalue weighted by Gasteiger charge is 2.18. The molecule has 0 spiro atoms. The summed E-state index contributed by atoms with van der Waals surface area (Å²) in [6.45, 7) is 3.96. The van der Waals surface area contributed by atoms with E-state index >= 15 is 0 Å². The number of hydrogen-bond acceptors (Lipinski definition) is 5. The molecule has 0 atom stereocenters. The molecule has 1 heterocycles. The Morgan fingerprint density at radius 3 is 2.80 bits per heavy atom. The maximum Gasteiger partial charge on any atom is 0.350 e. The molecule has 1 saturated carbocycles. The maximum atomic E-state index is 12.0. The summed E-state index contributed by atoms with van der Waals surface area (Å²) in [6.07, 6.45) is 8.05. The van der Waals surface area contributed by atoms with Crippen LogP contribution in [0.15, 0.2) is 23.8 Å². The van der Waals surface area contributed by atoms with Crippen molar-refractivity contribution in [2.24, 2.45) is 0 Å². The highest BCUT2D eigenvalue weighted by molar-refractivity contribution is 7.17. The molecule has 3 rings (SSSR count). The topological polar surface area (TPSA) is 59.4 Å². The van der Waals surface area contributed by atoms with Gasteiger partial charge in [-0.3, -0.25) is 0 Å². The van der Waals surface area contributed by atoms with Crippen LogP contribution in [0.3, 0.4) is 0 Å². The Labute approximate surface area is 152 Å². The molecule has 0 radical (unpaired) electrons. The van der Waals surface area contributed by atoms with Crippen LogP contribution in [0.25, 0.3) is 16.6 Å². The highest BCUT2D eigenvalue weighted by Crippen LogP contribution is 2.33. The van der Waals surface area contributed by atoms with Gasteiger partial charge in [-0.2, -0.15) is 0 Å². The predicted molar refractivity (Wildman–Crippen MR) is 101 cm³/mol. The molecule has 2 aromatic rings. The highest BCUT2D eigenvalue weighted by atomic mass is 32.1. The first-order chi connectivity index (χ1) is 12.1. The van der Waals surface area contributed by atoms with Crippen molar-refractivity contribution in [2.75, 3.05) is 6.61 Å². The van der Waals surface area contributed by atoms with Crippen molar-refractivity contribution in [2.45, 2.75) is 46.0 Å². The van der Waals surface area contributed by atoms with Gasteiger partial charge in [0.25, 0.3) is 0 Å². The van der Waals surface area contributed by atoms with Gasteiger partial charge >= 0.3 is 5.97 Å². The summed E-state index contributed by atoms with van der Waals surface area (Å²) in [5, 5.41) is 11.0. The van der Waals surface area contributed by atoms with Gasteiger partial charge in [-0.05, 0) is 57.7 Å². The number of phenols is 1. The molecule has 0 bridgehead atoms. The lowest BCUT2D eigenvalue weighted by Gasteiger charge is -2.14. The summed E-state index contributed by atoms with van der Waals surface area (Å²) in [7, 11) is 0. The van der Waals surface area contributed by atoms with E-state index in [0.29, 0.717) is 17.2 Å². The molecule has 132 valence electrons. The number of nitrogens with zero attached hydrogens (tertiary/aromatic N) is 1. The lowest BCUT2D eigenvalue weighted by atomic mass is 9.93. The minimum absolute atomic E-state index is 0.278. The number of esters is 1. The van der Waals surface area contributed by atoms with Crippen molar-refractivity contribution in [3.63, 3.8) is 0 Å². The van der Waals surface area contributed by atoms with Gasteiger partial charge in [-0.15, -0.1) is 11.3 Å². The van der Waals surface area contributed by atoms with Gasteiger partial charge in [0.15, 0.2) is 0 Å². The summed E-state index contributed by atoms with van der Waals surface area (Å²) in [5.74, 6) is -0.0483. The third-order valence-electron chi connectivity index (χ3n) is 4.39. The van der Waals surface area contributed by atoms with Gasteiger partial charge in [0.1, 0.15) is 15.6 Å². The van der Waals surface area contributed by atoms with Gasteiger partial charge in [-0.1, -0.05) is 18.1 Å². The molecule has 0 saturated heterocycles. The zero-order valence-corrected chi connectivity index (χ0v) is 15.5. The number of hydrogen-bond donors (Lipinski definition) is 1. The van der Waals surface area contributed by atoms with Crippen molar-refractivity contribution in [1.82, 2.24) is 4.98 Å². The summed E-state index contributed by atoms with van der Waals surface area (Å²) in [5.41, 5.74) is 3.80. The second-order valence-corrected chi connectivity index (χ2v) is 7.29. The molecule has 1 aliphatic rings. The molecule has 4 nitrogen and oxygen atoms in total. The average molecular weight is 357 g/mol. The Kier molecular flexibility index (Phi) is 5.53. The van der Waals surface area contributed by atoms with E-state index in [1.54, 1.807) is 13.0 Å². The minimum atomic E-state index is -0.327. The minimum Gasteiger partial charge on any atom is -0.507 e. The molecule has 25 heavy (non-hydrogen) atoms. The van der Waals surface area contributed by atoms with Crippen molar-refractivity contribution in [1.29, 1.82) is 0 Å². The van der Waals surface area contributed by atoms with Gasteiger partial charge in [0.05, 0.1) is 12.3 Å². The second-order valence-electron chi connectivity index (χ2n) is 6.29. The van der Waals surface area contributed by atoms with Gasteiger partial charge in [0.2, 0.25) is 0 Å². The fourth-order valence-electron chi connectivity index (χ4n) is 3.08. The fourth-order valence-corrected chi connectivity index (χ4v) is 4.04. The number of benzene rings is 1. The Morgan fingerprint density at radius 2 is 2.08 bits per heavy atom. The Bertz CT molecular complexity index is 799. The number of thiazole rings is 1. The van der Waals surface area contributed by atoms with Crippen LogP contribution in [-0.2, 0) is 4.74 Å². The monoisotopic (exact) mass is 357 g/mol. The number of aromatic hydroxyl groups is 1. The number of carbonyl (C=O) groups excluding carboxylic acids is 1. The number of phenolic OH excluding ortho intramolecular Hbond substituents is 1. The van der Waals surface area contributed by atoms with Crippen molar-refractivity contribution < 1.29 is 14.6 Å². The van der Waals surface area contributed by atoms with Crippen LogP contribution in [0.5, 0.6) is 5.75 Å². The lowest BCUT2D eigenvalue weighted by Crippen LogP contribution is -2.03. The molecule has 1 N–H and O–H groups in total. The molecular formula is C20H23NO3S. The molecule has 0 amide bonds. The molecule has 5 heteroatoms. The molecule has 0 aliphatic heterocycles. The SMILES string of the molecule is CCOC(=O)c1sc(-c2ccc(O)c(C=C3CCCCC3)c2)nc1C. The van der Waals surface area contributed by atoms with Gasteiger partial charge in [0, 0.05) is 11.1 Å². The van der Waals surface area contributed by atoms with Crippen LogP contribution in [-0.4, -0.2) is 22.7 Å². The van der Waals surface area contributed by atoms with E-state index in [1.807, 2.05) is 19.1 Å². The quantitative estimate of drug-likeness (QED) is 0.750. The fraction of sp³-hybridized carbons (Fsp3) is 0.400. The average Bonchev–Trinajstić information content (AvgIpc) is 3.00. The second kappa shape index (κ2) is 7.83. The Morgan fingerprint density at radius 1 is 1.32 bits per heavy atom. The van der Waals surface area contributed by atoms with Crippen LogP contribution >= 0.6 is 11.3 Å². The summed E-state index contributed by atoms with van der Waals surface area (Å²) >= 11 is 1.33. The van der Waals surface area contributed by atoms with Crippen LogP contribution in [0.1, 0.15) is 60.0 Å². The van der Waals surface area contributed by atoms with Crippen molar-refractivity contribution in [3.05, 3.63) is 39.9 Å². The molecular weight excluding hydrogens is 334 g/mol. The van der Waals surface area contributed by atoms with E-state index in [0.717, 1.165) is 29.0 Å². The lowest BCUT2D eigenvalue weighted by molar-refractivity contribution is 0.0531. The van der Waals surface area contributed by atoms with Crippen molar-refractivity contribution >= 4 is 23.4 Å². The molecule has 1 aromatic carbocycles. The third-order valence-corrected chi connectivity index (χ3v) is 5.57. The van der Waals surface area contributed by atoms with E-state index in [9.17, 15) is 9.90 Å². The standard InChI is InChI=1S/C20H23NO3S/c1-3-24-20(23)18-13(2)21-19(25-18)15-9-10-17(22)16(12-15)11-14-7-5-4-6-8-14/h9-12,22H,3-8H2,1-2H3. The van der Waals surface area contributed by atoms with Gasteiger partial charge in [-0.25, -0.2) is 9.78 Å². The van der Waals surface area contributed by atoms with Crippen LogP contribution in [0.4, 0.5) is 0 Å². The van der Waals surface area contributed by atoms with E-state index < -0.39 is 0 Å². The third kappa shape index (κ3) is 4.10. The normalized spacial score (nSPS) is 14.4. The van der Waals surface area contributed by atoms with E-state index in [-0.39, 0.29) is 11.7 Å². The van der Waals surface area contributed by atoms with Crippen LogP contribution in [0, 0.1) is 6.92 Å². The number of carbonyl (C=O) groups is 1. The van der Waals surface area contributed by atoms with E-state index in [2.05, 4.69) is 11.1 Å². The van der Waals surface area contributed by atoms with Crippen molar-refractivity contribution in [3.8, 4) is 16.3 Å². The first kappa shape index (κ1) is 17.7. The zero-order valence-electron chi connectivity index (χ0n) is 14.7. The predicted octanol–water partition coefficient (Wildman–Crippen LogP) is 5.35. The van der Waals surface area contributed by atoms with E-state index in [4.69, 9.17) is 4.74 Å². The first-order valence-electron chi connectivity index (χ1n) is 8.76.